The number of unbranched alkanes of at least 4 members (excludes halogenated alkanes) is 2. The number of rotatable bonds is 8. The smallest absolute Gasteiger partial charge is 0.153 e. The zero-order chi connectivity index (χ0) is 15.8. The maximum atomic E-state index is 5.89. The average Bonchev–Trinajstić information content (AvgIpc) is 2.57. The van der Waals surface area contributed by atoms with Crippen molar-refractivity contribution in [2.45, 2.75) is 32.6 Å². The molecule has 2 rings (SSSR count). The van der Waals surface area contributed by atoms with E-state index in [0.29, 0.717) is 0 Å². The Labute approximate surface area is 132 Å². The molecule has 0 heterocycles. The van der Waals surface area contributed by atoms with Gasteiger partial charge in [0.05, 0.1) is 7.11 Å². The summed E-state index contributed by atoms with van der Waals surface area (Å²) in [5, 5.41) is 0. The van der Waals surface area contributed by atoms with Crippen LogP contribution in [0.25, 0.3) is 0 Å². The summed E-state index contributed by atoms with van der Waals surface area (Å²) in [5.41, 5.74) is 2.06. The molecule has 2 aromatic rings. The molecule has 22 heavy (non-hydrogen) atoms. The molecular weight excluding hydrogens is 274 g/mol. The number of aliphatic imine (C=N–C) groups is 1. The van der Waals surface area contributed by atoms with Gasteiger partial charge in [0, 0.05) is 0 Å². The second kappa shape index (κ2) is 8.23. The van der Waals surface area contributed by atoms with E-state index in [0.717, 1.165) is 29.4 Å². The number of ether oxygens (including phenoxy) is 2. The van der Waals surface area contributed by atoms with Crippen LogP contribution in [0.4, 0.5) is 5.69 Å². The Morgan fingerprint density at radius 3 is 2.36 bits per heavy atom. The lowest BCUT2D eigenvalue weighted by atomic mass is 10.1. The predicted octanol–water partition coefficient (Wildman–Crippen LogP) is 5.55. The van der Waals surface area contributed by atoms with Gasteiger partial charge in [-0.3, -0.25) is 4.99 Å². The molecule has 0 bridgehead atoms. The molecule has 116 valence electrons. The largest absolute Gasteiger partial charge is 0.497 e. The van der Waals surface area contributed by atoms with Crippen molar-refractivity contribution < 1.29 is 9.47 Å². The first-order valence-corrected chi connectivity index (χ1v) is 7.68. The molecule has 0 aliphatic rings. The third-order valence-electron chi connectivity index (χ3n) is 3.55. The molecule has 0 aliphatic carbocycles. The van der Waals surface area contributed by atoms with Gasteiger partial charge in [-0.1, -0.05) is 25.8 Å². The zero-order valence-electron chi connectivity index (χ0n) is 13.3. The molecule has 0 saturated carbocycles. The van der Waals surface area contributed by atoms with Crippen LogP contribution in [0, 0.1) is 0 Å². The summed E-state index contributed by atoms with van der Waals surface area (Å²) in [6.07, 6.45) is 4.75. The Morgan fingerprint density at radius 2 is 1.73 bits per heavy atom. The van der Waals surface area contributed by atoms with Gasteiger partial charge in [-0.15, -0.1) is 0 Å². The molecular formula is C19H23NO2. The molecule has 0 spiro atoms. The van der Waals surface area contributed by atoms with Crippen molar-refractivity contribution in [1.82, 2.24) is 0 Å². The molecule has 0 aliphatic heterocycles. The van der Waals surface area contributed by atoms with Crippen LogP contribution < -0.4 is 9.47 Å². The van der Waals surface area contributed by atoms with Crippen molar-refractivity contribution in [3.05, 3.63) is 48.0 Å². The number of hydrogen-bond donors (Lipinski definition) is 0. The Balaban J connectivity index is 2.10. The Kier molecular flexibility index (Phi) is 6.01. The molecule has 0 amide bonds. The Hall–Kier alpha value is -2.29. The summed E-state index contributed by atoms with van der Waals surface area (Å²) >= 11 is 0. The van der Waals surface area contributed by atoms with Gasteiger partial charge in [-0.05, 0) is 61.5 Å². The SMILES string of the molecule is C=Nc1cc(CCCCC)ccc1Oc1ccc(OC)cc1. The van der Waals surface area contributed by atoms with Crippen molar-refractivity contribution in [2.24, 2.45) is 4.99 Å². The minimum Gasteiger partial charge on any atom is -0.497 e. The maximum Gasteiger partial charge on any atom is 0.153 e. The summed E-state index contributed by atoms with van der Waals surface area (Å²) < 4.78 is 11.0. The topological polar surface area (TPSA) is 30.8 Å². The highest BCUT2D eigenvalue weighted by molar-refractivity contribution is 5.58. The van der Waals surface area contributed by atoms with Crippen LogP contribution in [-0.4, -0.2) is 13.8 Å². The molecule has 0 N–H and O–H groups in total. The van der Waals surface area contributed by atoms with E-state index >= 15 is 0 Å². The van der Waals surface area contributed by atoms with Crippen molar-refractivity contribution in [3.8, 4) is 17.2 Å². The van der Waals surface area contributed by atoms with Crippen LogP contribution in [-0.2, 0) is 6.42 Å². The lowest BCUT2D eigenvalue weighted by Crippen LogP contribution is -1.89. The normalized spacial score (nSPS) is 10.3. The zero-order valence-corrected chi connectivity index (χ0v) is 13.3. The highest BCUT2D eigenvalue weighted by Gasteiger charge is 2.06. The van der Waals surface area contributed by atoms with Gasteiger partial charge in [0.25, 0.3) is 0 Å². The van der Waals surface area contributed by atoms with Crippen molar-refractivity contribution in [3.63, 3.8) is 0 Å². The summed E-state index contributed by atoms with van der Waals surface area (Å²) in [4.78, 5) is 4.09. The van der Waals surface area contributed by atoms with E-state index in [1.807, 2.05) is 30.3 Å². The van der Waals surface area contributed by atoms with E-state index in [-0.39, 0.29) is 0 Å². The first-order valence-electron chi connectivity index (χ1n) is 7.68. The Morgan fingerprint density at radius 1 is 1.00 bits per heavy atom. The molecule has 0 unspecified atom stereocenters. The molecule has 0 radical (unpaired) electrons. The quantitative estimate of drug-likeness (QED) is 0.472. The van der Waals surface area contributed by atoms with Crippen LogP contribution >= 0.6 is 0 Å². The van der Waals surface area contributed by atoms with Crippen LogP contribution in [0.5, 0.6) is 17.2 Å². The molecule has 0 aromatic heterocycles. The maximum absolute atomic E-state index is 5.89. The van der Waals surface area contributed by atoms with E-state index in [4.69, 9.17) is 9.47 Å². The highest BCUT2D eigenvalue weighted by Crippen LogP contribution is 2.33. The fourth-order valence-electron chi connectivity index (χ4n) is 2.28. The van der Waals surface area contributed by atoms with Crippen LogP contribution in [0.15, 0.2) is 47.5 Å². The minimum absolute atomic E-state index is 0.722. The van der Waals surface area contributed by atoms with Gasteiger partial charge >= 0.3 is 0 Å². The summed E-state index contributed by atoms with van der Waals surface area (Å²) in [6.45, 7) is 5.86. The summed E-state index contributed by atoms with van der Waals surface area (Å²) in [6, 6.07) is 13.6. The average molecular weight is 297 g/mol. The van der Waals surface area contributed by atoms with Gasteiger partial charge < -0.3 is 9.47 Å². The van der Waals surface area contributed by atoms with Crippen molar-refractivity contribution in [2.75, 3.05) is 7.11 Å². The summed E-state index contributed by atoms with van der Waals surface area (Å²) in [7, 11) is 1.65. The van der Waals surface area contributed by atoms with E-state index < -0.39 is 0 Å². The third-order valence-corrected chi connectivity index (χ3v) is 3.55. The molecule has 0 fully saturated rings. The fraction of sp³-hybridized carbons (Fsp3) is 0.316. The van der Waals surface area contributed by atoms with Crippen LogP contribution in [0.2, 0.25) is 0 Å². The summed E-state index contributed by atoms with van der Waals surface area (Å²) in [5.74, 6) is 2.28. The molecule has 0 atom stereocenters. The highest BCUT2D eigenvalue weighted by atomic mass is 16.5. The van der Waals surface area contributed by atoms with Crippen LogP contribution in [0.3, 0.4) is 0 Å². The molecule has 3 nitrogen and oxygen atoms in total. The second-order valence-corrected chi connectivity index (χ2v) is 5.19. The monoisotopic (exact) mass is 297 g/mol. The van der Waals surface area contributed by atoms with E-state index in [1.54, 1.807) is 7.11 Å². The molecule has 0 saturated heterocycles. The Bertz CT molecular complexity index is 605. The lowest BCUT2D eigenvalue weighted by Gasteiger charge is -2.10. The van der Waals surface area contributed by atoms with Crippen molar-refractivity contribution in [1.29, 1.82) is 0 Å². The van der Waals surface area contributed by atoms with Crippen LogP contribution in [0.1, 0.15) is 31.7 Å². The standard InChI is InChI=1S/C19H23NO2/c1-4-5-6-7-15-8-13-19(18(14-15)20-2)22-17-11-9-16(21-3)10-12-17/h8-14H,2,4-7H2,1,3H3. The number of aryl methyl sites for hydroxylation is 1. The molecule has 3 heteroatoms. The van der Waals surface area contributed by atoms with Gasteiger partial charge in [0.15, 0.2) is 5.75 Å². The number of methoxy groups -OCH3 is 1. The number of benzene rings is 2. The first kappa shape index (κ1) is 16.1. The molecule has 2 aromatic carbocycles. The lowest BCUT2D eigenvalue weighted by molar-refractivity contribution is 0.413. The van der Waals surface area contributed by atoms with Gasteiger partial charge in [0.1, 0.15) is 17.2 Å². The number of nitrogens with zero attached hydrogens (tertiary/aromatic N) is 1. The minimum atomic E-state index is 0.722. The van der Waals surface area contributed by atoms with Gasteiger partial charge in [0.2, 0.25) is 0 Å². The van der Waals surface area contributed by atoms with E-state index in [1.165, 1.54) is 24.8 Å². The number of hydrogen-bond acceptors (Lipinski definition) is 3. The van der Waals surface area contributed by atoms with Gasteiger partial charge in [-0.25, -0.2) is 0 Å². The van der Waals surface area contributed by atoms with Crippen molar-refractivity contribution >= 4 is 12.4 Å². The second-order valence-electron chi connectivity index (χ2n) is 5.19. The van der Waals surface area contributed by atoms with E-state index in [2.05, 4.69) is 30.8 Å². The predicted molar refractivity (Wildman–Crippen MR) is 91.9 cm³/mol. The first-order chi connectivity index (χ1) is 10.8. The fourth-order valence-corrected chi connectivity index (χ4v) is 2.28. The third kappa shape index (κ3) is 4.35. The van der Waals surface area contributed by atoms with E-state index in [9.17, 15) is 0 Å². The van der Waals surface area contributed by atoms with Gasteiger partial charge in [-0.2, -0.15) is 0 Å².